The number of nitrogens with two attached hydrogens (primary N) is 1. The quantitative estimate of drug-likeness (QED) is 0.389. The second-order valence-corrected chi connectivity index (χ2v) is 10.2. The number of hydrogen-bond donors (Lipinski definition) is 3. The van der Waals surface area contributed by atoms with Crippen molar-refractivity contribution < 1.29 is 13.2 Å². The van der Waals surface area contributed by atoms with E-state index in [1.165, 1.54) is 23.5 Å². The molecular weight excluding hydrogens is 467 g/mol. The molecule has 0 radical (unpaired) electrons. The van der Waals surface area contributed by atoms with Gasteiger partial charge < -0.3 is 15.8 Å². The number of rotatable bonds is 5. The molecule has 2 heterocycles. The van der Waals surface area contributed by atoms with Gasteiger partial charge in [-0.1, -0.05) is 32.9 Å². The third kappa shape index (κ3) is 4.86. The molecule has 0 atom stereocenters. The standard InChI is InChI=1S/C23H22F3N5S2/c1-23(2,3)21-30-18(20(32-21)16-10-11-28-22(27)29-16)12-6-4-9-15(17(12)26)31-33-19-13(24)7-5-8-14(19)25/h4-10,31H,11H2,1-3H3,(H3,27,28,29). The van der Waals surface area contributed by atoms with E-state index in [0.717, 1.165) is 17.1 Å². The lowest BCUT2D eigenvalue weighted by Crippen LogP contribution is -2.33. The van der Waals surface area contributed by atoms with Crippen LogP contribution in [0.15, 0.2) is 52.4 Å². The number of nitrogens with one attached hydrogen (secondary N) is 2. The Hall–Kier alpha value is -2.98. The van der Waals surface area contributed by atoms with E-state index in [9.17, 15) is 8.78 Å². The Balaban J connectivity index is 1.75. The van der Waals surface area contributed by atoms with Crippen LogP contribution in [0.5, 0.6) is 0 Å². The van der Waals surface area contributed by atoms with Gasteiger partial charge in [0.2, 0.25) is 0 Å². The molecule has 0 saturated heterocycles. The van der Waals surface area contributed by atoms with Crippen molar-refractivity contribution in [3.63, 3.8) is 0 Å². The van der Waals surface area contributed by atoms with Crippen LogP contribution in [0.25, 0.3) is 17.0 Å². The number of aliphatic imine (C=N–C) groups is 1. The summed E-state index contributed by atoms with van der Waals surface area (Å²) < 4.78 is 46.3. The lowest BCUT2D eigenvalue weighted by molar-refractivity contribution is 0.541. The maximum absolute atomic E-state index is 15.6. The topological polar surface area (TPSA) is 75.3 Å². The number of hydrogen-bond acceptors (Lipinski definition) is 7. The lowest BCUT2D eigenvalue weighted by atomic mass is 9.98. The molecule has 0 saturated carbocycles. The molecule has 1 aliphatic rings. The Morgan fingerprint density at radius 2 is 1.79 bits per heavy atom. The van der Waals surface area contributed by atoms with Gasteiger partial charge in [-0.3, -0.25) is 0 Å². The van der Waals surface area contributed by atoms with Crippen molar-refractivity contribution in [2.24, 2.45) is 10.7 Å². The van der Waals surface area contributed by atoms with Crippen LogP contribution in [0.2, 0.25) is 0 Å². The molecule has 0 amide bonds. The smallest absolute Gasteiger partial charge is 0.194 e. The predicted octanol–water partition coefficient (Wildman–Crippen LogP) is 5.90. The molecule has 1 aromatic heterocycles. The normalized spacial score (nSPS) is 13.9. The summed E-state index contributed by atoms with van der Waals surface area (Å²) in [6.45, 7) is 6.59. The zero-order valence-electron chi connectivity index (χ0n) is 18.2. The highest BCUT2D eigenvalue weighted by Gasteiger charge is 2.26. The minimum atomic E-state index is -0.728. The van der Waals surface area contributed by atoms with Crippen molar-refractivity contribution in [3.05, 3.63) is 69.8 Å². The maximum atomic E-state index is 15.6. The van der Waals surface area contributed by atoms with E-state index in [-0.39, 0.29) is 27.5 Å². The van der Waals surface area contributed by atoms with Crippen molar-refractivity contribution in [1.29, 1.82) is 0 Å². The molecule has 2 aromatic carbocycles. The largest absolute Gasteiger partial charge is 0.370 e. The van der Waals surface area contributed by atoms with E-state index in [1.807, 2.05) is 26.8 Å². The summed E-state index contributed by atoms with van der Waals surface area (Å²) in [5, 5.41) is 3.75. The third-order valence-electron chi connectivity index (χ3n) is 4.76. The monoisotopic (exact) mass is 489 g/mol. The average Bonchev–Trinajstić information content (AvgIpc) is 3.20. The van der Waals surface area contributed by atoms with Crippen LogP contribution in [0, 0.1) is 17.5 Å². The number of guanidine groups is 1. The highest BCUT2D eigenvalue weighted by atomic mass is 32.2. The molecule has 0 spiro atoms. The number of benzene rings is 2. The van der Waals surface area contributed by atoms with Crippen LogP contribution in [-0.4, -0.2) is 17.5 Å². The fraction of sp³-hybridized carbons (Fsp3) is 0.217. The molecular formula is C23H22F3N5S2. The molecule has 0 fully saturated rings. The number of nitrogens with zero attached hydrogens (tertiary/aromatic N) is 2. The van der Waals surface area contributed by atoms with Gasteiger partial charge in [-0.25, -0.2) is 23.1 Å². The molecule has 4 N–H and O–H groups in total. The van der Waals surface area contributed by atoms with E-state index in [2.05, 4.69) is 15.0 Å². The highest BCUT2D eigenvalue weighted by Crippen LogP contribution is 2.41. The predicted molar refractivity (Wildman–Crippen MR) is 130 cm³/mol. The fourth-order valence-corrected chi connectivity index (χ4v) is 4.91. The van der Waals surface area contributed by atoms with Gasteiger partial charge in [0.25, 0.3) is 0 Å². The lowest BCUT2D eigenvalue weighted by Gasteiger charge is -2.13. The van der Waals surface area contributed by atoms with Gasteiger partial charge in [0, 0.05) is 17.5 Å². The average molecular weight is 490 g/mol. The summed E-state index contributed by atoms with van der Waals surface area (Å²) in [5.41, 5.74) is 6.99. The molecule has 10 heteroatoms. The minimum absolute atomic E-state index is 0.0821. The van der Waals surface area contributed by atoms with Gasteiger partial charge in [0.05, 0.1) is 31.9 Å². The molecule has 0 bridgehead atoms. The summed E-state index contributed by atoms with van der Waals surface area (Å²) in [6, 6.07) is 8.35. The van der Waals surface area contributed by atoms with Crippen LogP contribution in [0.4, 0.5) is 18.9 Å². The number of thiazole rings is 1. The first kappa shape index (κ1) is 23.2. The van der Waals surface area contributed by atoms with Crippen molar-refractivity contribution in [1.82, 2.24) is 10.3 Å². The number of halogens is 3. The molecule has 1 aliphatic heterocycles. The third-order valence-corrected chi connectivity index (χ3v) is 7.18. The van der Waals surface area contributed by atoms with E-state index < -0.39 is 17.5 Å². The molecule has 172 valence electrons. The van der Waals surface area contributed by atoms with E-state index in [0.29, 0.717) is 34.8 Å². The fourth-order valence-electron chi connectivity index (χ4n) is 3.09. The van der Waals surface area contributed by atoms with Crippen molar-refractivity contribution in [2.75, 3.05) is 11.3 Å². The highest BCUT2D eigenvalue weighted by molar-refractivity contribution is 8.00. The van der Waals surface area contributed by atoms with Crippen LogP contribution in [-0.2, 0) is 5.41 Å². The van der Waals surface area contributed by atoms with Gasteiger partial charge in [0.1, 0.15) is 11.6 Å². The van der Waals surface area contributed by atoms with Gasteiger partial charge in [0.15, 0.2) is 11.8 Å². The first-order valence-corrected chi connectivity index (χ1v) is 11.7. The van der Waals surface area contributed by atoms with Crippen LogP contribution in [0.1, 0.15) is 30.7 Å². The Labute approximate surface area is 198 Å². The summed E-state index contributed by atoms with van der Waals surface area (Å²) >= 11 is 2.11. The van der Waals surface area contributed by atoms with Gasteiger partial charge in [-0.15, -0.1) is 11.3 Å². The SMILES string of the molecule is CC(C)(C)c1nc(-c2cccc(NSc3c(F)cccc3F)c2F)c(C2=CCNC(N)=N2)s1. The van der Waals surface area contributed by atoms with E-state index in [1.54, 1.807) is 12.1 Å². The van der Waals surface area contributed by atoms with Crippen molar-refractivity contribution >= 4 is 40.6 Å². The van der Waals surface area contributed by atoms with E-state index in [4.69, 9.17) is 10.7 Å². The molecule has 33 heavy (non-hydrogen) atoms. The zero-order chi connectivity index (χ0) is 23.8. The van der Waals surface area contributed by atoms with Crippen LogP contribution >= 0.6 is 23.3 Å². The number of anilines is 1. The van der Waals surface area contributed by atoms with Gasteiger partial charge in [-0.2, -0.15) is 0 Å². The maximum Gasteiger partial charge on any atom is 0.194 e. The van der Waals surface area contributed by atoms with Crippen molar-refractivity contribution in [3.8, 4) is 11.3 Å². The molecule has 4 rings (SSSR count). The minimum Gasteiger partial charge on any atom is -0.370 e. The van der Waals surface area contributed by atoms with Crippen molar-refractivity contribution in [2.45, 2.75) is 31.1 Å². The summed E-state index contributed by atoms with van der Waals surface area (Å²) in [4.78, 5) is 9.59. The Morgan fingerprint density at radius 3 is 2.45 bits per heavy atom. The second kappa shape index (κ2) is 9.11. The van der Waals surface area contributed by atoms with E-state index >= 15 is 4.39 Å². The Kier molecular flexibility index (Phi) is 6.40. The van der Waals surface area contributed by atoms with Gasteiger partial charge in [-0.05, 0) is 42.3 Å². The van der Waals surface area contributed by atoms with Crippen LogP contribution < -0.4 is 15.8 Å². The summed E-state index contributed by atoms with van der Waals surface area (Å²) in [6.07, 6.45) is 1.87. The molecule has 5 nitrogen and oxygen atoms in total. The first-order chi connectivity index (χ1) is 15.6. The van der Waals surface area contributed by atoms with Crippen LogP contribution in [0.3, 0.4) is 0 Å². The second-order valence-electron chi connectivity index (χ2n) is 8.34. The molecule has 0 unspecified atom stereocenters. The Bertz CT molecular complexity index is 1240. The number of aromatic nitrogens is 1. The summed E-state index contributed by atoms with van der Waals surface area (Å²) in [5.74, 6) is -1.76. The first-order valence-electron chi connectivity index (χ1n) is 10.1. The Morgan fingerprint density at radius 1 is 1.09 bits per heavy atom. The molecule has 3 aromatic rings. The zero-order valence-corrected chi connectivity index (χ0v) is 19.8. The van der Waals surface area contributed by atoms with Gasteiger partial charge >= 0.3 is 0 Å². The summed E-state index contributed by atoms with van der Waals surface area (Å²) in [7, 11) is 0. The molecule has 0 aliphatic carbocycles.